The summed E-state index contributed by atoms with van der Waals surface area (Å²) in [4.78, 5) is 15.4. The Kier molecular flexibility index (Phi) is 4.48. The SMILES string of the molecule is CC1(Nc2nc(Cl)nc(N3CCCCC3)n2)CCCCC1. The molecule has 1 aliphatic heterocycles. The molecule has 2 aliphatic rings. The predicted octanol–water partition coefficient (Wildman–Crippen LogP) is 3.65. The lowest BCUT2D eigenvalue weighted by Gasteiger charge is -2.34. The molecule has 1 aromatic rings. The third-order valence-corrected chi connectivity index (χ3v) is 4.77. The molecule has 1 aromatic heterocycles. The molecule has 0 amide bonds. The molecular weight excluding hydrogens is 286 g/mol. The lowest BCUT2D eigenvalue weighted by atomic mass is 9.83. The van der Waals surface area contributed by atoms with Crippen molar-refractivity contribution in [3.8, 4) is 0 Å². The summed E-state index contributed by atoms with van der Waals surface area (Å²) in [5.41, 5.74) is 0.0854. The first kappa shape index (κ1) is 14.8. The van der Waals surface area contributed by atoms with E-state index in [4.69, 9.17) is 11.6 Å². The molecule has 2 fully saturated rings. The number of nitrogens with one attached hydrogen (secondary N) is 1. The van der Waals surface area contributed by atoms with Gasteiger partial charge in [0, 0.05) is 18.6 Å². The number of aromatic nitrogens is 3. The Morgan fingerprint density at radius 1 is 0.952 bits per heavy atom. The number of piperidine rings is 1. The second-order valence-corrected chi connectivity index (χ2v) is 6.86. The molecule has 0 spiro atoms. The van der Waals surface area contributed by atoms with E-state index in [1.807, 2.05) is 0 Å². The Hall–Kier alpha value is -1.10. The zero-order valence-corrected chi connectivity index (χ0v) is 13.5. The highest BCUT2D eigenvalue weighted by Crippen LogP contribution is 2.30. The fourth-order valence-electron chi connectivity index (χ4n) is 3.36. The van der Waals surface area contributed by atoms with Gasteiger partial charge >= 0.3 is 0 Å². The molecule has 1 saturated carbocycles. The highest BCUT2D eigenvalue weighted by Gasteiger charge is 2.28. The average Bonchev–Trinajstić information content (AvgIpc) is 2.48. The Labute approximate surface area is 131 Å². The van der Waals surface area contributed by atoms with Crippen molar-refractivity contribution >= 4 is 23.5 Å². The standard InChI is InChI=1S/C15H24ClN5/c1-15(8-4-2-5-9-15)20-13-17-12(16)18-14(19-13)21-10-6-3-7-11-21/h2-11H2,1H3,(H,17,18,19,20). The predicted molar refractivity (Wildman–Crippen MR) is 86.0 cm³/mol. The summed E-state index contributed by atoms with van der Waals surface area (Å²) in [6.07, 6.45) is 9.87. The van der Waals surface area contributed by atoms with Gasteiger partial charge in [-0.05, 0) is 50.6 Å². The van der Waals surface area contributed by atoms with Crippen molar-refractivity contribution in [1.29, 1.82) is 0 Å². The fraction of sp³-hybridized carbons (Fsp3) is 0.800. The van der Waals surface area contributed by atoms with Crippen molar-refractivity contribution in [2.24, 2.45) is 0 Å². The smallest absolute Gasteiger partial charge is 0.231 e. The minimum atomic E-state index is 0.0854. The van der Waals surface area contributed by atoms with Crippen LogP contribution in [-0.2, 0) is 0 Å². The van der Waals surface area contributed by atoms with Crippen molar-refractivity contribution in [1.82, 2.24) is 15.0 Å². The van der Waals surface area contributed by atoms with Gasteiger partial charge in [-0.15, -0.1) is 0 Å². The molecule has 0 atom stereocenters. The Balaban J connectivity index is 1.77. The summed E-state index contributed by atoms with van der Waals surface area (Å²) in [5.74, 6) is 1.34. The van der Waals surface area contributed by atoms with Gasteiger partial charge in [-0.25, -0.2) is 0 Å². The van der Waals surface area contributed by atoms with Crippen molar-refractivity contribution in [3.05, 3.63) is 5.28 Å². The van der Waals surface area contributed by atoms with E-state index in [2.05, 4.69) is 32.1 Å². The topological polar surface area (TPSA) is 53.9 Å². The van der Waals surface area contributed by atoms with Crippen LogP contribution in [-0.4, -0.2) is 33.6 Å². The summed E-state index contributed by atoms with van der Waals surface area (Å²) in [6, 6.07) is 0. The quantitative estimate of drug-likeness (QED) is 0.923. The first-order chi connectivity index (χ1) is 10.1. The number of anilines is 2. The van der Waals surface area contributed by atoms with Gasteiger partial charge in [-0.2, -0.15) is 15.0 Å². The van der Waals surface area contributed by atoms with Gasteiger partial charge in [0.1, 0.15) is 0 Å². The molecule has 6 heteroatoms. The first-order valence-electron chi connectivity index (χ1n) is 8.09. The van der Waals surface area contributed by atoms with E-state index in [0.717, 1.165) is 31.9 Å². The summed E-state index contributed by atoms with van der Waals surface area (Å²) < 4.78 is 0. The molecule has 1 aliphatic carbocycles. The second kappa shape index (κ2) is 6.34. The lowest BCUT2D eigenvalue weighted by Crippen LogP contribution is -2.38. The number of nitrogens with zero attached hydrogens (tertiary/aromatic N) is 4. The highest BCUT2D eigenvalue weighted by atomic mass is 35.5. The average molecular weight is 310 g/mol. The third kappa shape index (κ3) is 3.76. The largest absolute Gasteiger partial charge is 0.349 e. The molecule has 5 nitrogen and oxygen atoms in total. The molecule has 0 bridgehead atoms. The van der Waals surface area contributed by atoms with E-state index in [0.29, 0.717) is 5.95 Å². The van der Waals surface area contributed by atoms with E-state index >= 15 is 0 Å². The van der Waals surface area contributed by atoms with Gasteiger partial charge in [0.15, 0.2) is 0 Å². The minimum absolute atomic E-state index is 0.0854. The van der Waals surface area contributed by atoms with Crippen LogP contribution >= 0.6 is 11.6 Å². The van der Waals surface area contributed by atoms with Crippen molar-refractivity contribution in [2.75, 3.05) is 23.3 Å². The second-order valence-electron chi connectivity index (χ2n) is 6.52. The van der Waals surface area contributed by atoms with E-state index < -0.39 is 0 Å². The highest BCUT2D eigenvalue weighted by molar-refractivity contribution is 6.28. The van der Waals surface area contributed by atoms with Crippen LogP contribution in [0.25, 0.3) is 0 Å². The summed E-state index contributed by atoms with van der Waals surface area (Å²) in [7, 11) is 0. The van der Waals surface area contributed by atoms with E-state index in [9.17, 15) is 0 Å². The van der Waals surface area contributed by atoms with Crippen LogP contribution in [0.15, 0.2) is 0 Å². The van der Waals surface area contributed by atoms with Gasteiger partial charge in [0.2, 0.25) is 17.2 Å². The van der Waals surface area contributed by atoms with Crippen LogP contribution in [0, 0.1) is 0 Å². The zero-order valence-electron chi connectivity index (χ0n) is 12.7. The Morgan fingerprint density at radius 3 is 2.33 bits per heavy atom. The van der Waals surface area contributed by atoms with Crippen molar-refractivity contribution < 1.29 is 0 Å². The molecule has 3 rings (SSSR count). The van der Waals surface area contributed by atoms with Crippen molar-refractivity contribution in [3.63, 3.8) is 0 Å². The van der Waals surface area contributed by atoms with Gasteiger partial charge in [0.25, 0.3) is 0 Å². The molecule has 21 heavy (non-hydrogen) atoms. The third-order valence-electron chi connectivity index (χ3n) is 4.61. The van der Waals surface area contributed by atoms with Crippen LogP contribution in [0.4, 0.5) is 11.9 Å². The van der Waals surface area contributed by atoms with Crippen LogP contribution < -0.4 is 10.2 Å². The van der Waals surface area contributed by atoms with Gasteiger partial charge in [0.05, 0.1) is 0 Å². The molecule has 1 saturated heterocycles. The summed E-state index contributed by atoms with van der Waals surface area (Å²) in [5, 5.41) is 3.79. The van der Waals surface area contributed by atoms with Gasteiger partial charge in [-0.1, -0.05) is 19.3 Å². The summed E-state index contributed by atoms with van der Waals surface area (Å²) in [6.45, 7) is 4.28. The number of hydrogen-bond donors (Lipinski definition) is 1. The minimum Gasteiger partial charge on any atom is -0.349 e. The zero-order chi connectivity index (χ0) is 14.7. The van der Waals surface area contributed by atoms with Gasteiger partial charge in [-0.3, -0.25) is 0 Å². The molecule has 0 aromatic carbocycles. The van der Waals surface area contributed by atoms with E-state index in [-0.39, 0.29) is 10.8 Å². The lowest BCUT2D eigenvalue weighted by molar-refractivity contribution is 0.347. The maximum absolute atomic E-state index is 6.10. The monoisotopic (exact) mass is 309 g/mol. The Morgan fingerprint density at radius 2 is 1.62 bits per heavy atom. The first-order valence-corrected chi connectivity index (χ1v) is 8.47. The molecule has 0 unspecified atom stereocenters. The van der Waals surface area contributed by atoms with Gasteiger partial charge < -0.3 is 10.2 Å². The maximum atomic E-state index is 6.10. The van der Waals surface area contributed by atoms with E-state index in [1.54, 1.807) is 0 Å². The molecule has 2 heterocycles. The number of halogens is 1. The van der Waals surface area contributed by atoms with Crippen molar-refractivity contribution in [2.45, 2.75) is 63.8 Å². The Bertz CT molecular complexity index is 481. The number of rotatable bonds is 3. The van der Waals surface area contributed by atoms with Crippen LogP contribution in [0.1, 0.15) is 58.3 Å². The van der Waals surface area contributed by atoms with Crippen LogP contribution in [0.3, 0.4) is 0 Å². The molecule has 0 radical (unpaired) electrons. The summed E-state index contributed by atoms with van der Waals surface area (Å²) >= 11 is 6.10. The van der Waals surface area contributed by atoms with E-state index in [1.165, 1.54) is 38.5 Å². The molecule has 1 N–H and O–H groups in total. The van der Waals surface area contributed by atoms with Crippen LogP contribution in [0.2, 0.25) is 5.28 Å². The molecule has 116 valence electrons. The fourth-order valence-corrected chi connectivity index (χ4v) is 3.51. The molecular formula is C15H24ClN5. The number of hydrogen-bond acceptors (Lipinski definition) is 5. The maximum Gasteiger partial charge on any atom is 0.231 e. The normalized spacial score (nSPS) is 22.1. The van der Waals surface area contributed by atoms with Crippen LogP contribution in [0.5, 0.6) is 0 Å².